The number of β-amino-alcohol motifs (C(OH)–C–C–N with tert-alkyl or cyclic N) is 1. The van der Waals surface area contributed by atoms with Crippen LogP contribution in [0.25, 0.3) is 21.8 Å². The van der Waals surface area contributed by atoms with E-state index in [2.05, 4.69) is 64.6 Å². The number of benzene rings is 2. The van der Waals surface area contributed by atoms with E-state index in [0.29, 0.717) is 5.92 Å². The molecule has 1 saturated heterocycles. The van der Waals surface area contributed by atoms with Gasteiger partial charge in [0.1, 0.15) is 0 Å². The Labute approximate surface area is 142 Å². The van der Waals surface area contributed by atoms with Crippen LogP contribution in [0.15, 0.2) is 42.5 Å². The molecule has 126 valence electrons. The van der Waals surface area contributed by atoms with Crippen LogP contribution in [0.3, 0.4) is 0 Å². The number of nitrogens with zero attached hydrogens (tertiary/aromatic N) is 1. The van der Waals surface area contributed by atoms with Crippen LogP contribution in [0.4, 0.5) is 0 Å². The van der Waals surface area contributed by atoms with Gasteiger partial charge in [0, 0.05) is 60.4 Å². The summed E-state index contributed by atoms with van der Waals surface area (Å²) in [6.07, 6.45) is -0.220. The zero-order chi connectivity index (χ0) is 16.5. The van der Waals surface area contributed by atoms with Gasteiger partial charge >= 0.3 is 0 Å². The highest BCUT2D eigenvalue weighted by molar-refractivity contribution is 6.08. The maximum atomic E-state index is 9.87. The summed E-state index contributed by atoms with van der Waals surface area (Å²) in [6, 6.07) is 15.4. The summed E-state index contributed by atoms with van der Waals surface area (Å²) in [5.41, 5.74) is 3.90. The standard InChI is InChI=1S/C20H25N3O/c1-2-23-18-6-4-3-5-16(18)17-9-14(7-8-19(17)23)10-21-11-15-12-22-13-20(15)24/h3-9,15,20-22,24H,2,10-13H2,1H3. The number of hydrogen-bond acceptors (Lipinski definition) is 3. The molecule has 1 aliphatic rings. The molecule has 0 bridgehead atoms. The second-order valence-corrected chi connectivity index (χ2v) is 6.73. The van der Waals surface area contributed by atoms with Gasteiger partial charge in [-0.15, -0.1) is 0 Å². The molecule has 0 spiro atoms. The van der Waals surface area contributed by atoms with Crippen molar-refractivity contribution in [2.45, 2.75) is 26.1 Å². The Balaban J connectivity index is 1.58. The fraction of sp³-hybridized carbons (Fsp3) is 0.400. The molecule has 1 aliphatic heterocycles. The molecule has 2 aromatic carbocycles. The van der Waals surface area contributed by atoms with Crippen molar-refractivity contribution in [3.05, 3.63) is 48.0 Å². The van der Waals surface area contributed by atoms with Crippen molar-refractivity contribution in [3.8, 4) is 0 Å². The van der Waals surface area contributed by atoms with Gasteiger partial charge in [0.2, 0.25) is 0 Å². The first-order valence-corrected chi connectivity index (χ1v) is 8.87. The van der Waals surface area contributed by atoms with Gasteiger partial charge in [-0.25, -0.2) is 0 Å². The Morgan fingerprint density at radius 3 is 2.75 bits per heavy atom. The molecule has 1 aromatic heterocycles. The van der Waals surface area contributed by atoms with Gasteiger partial charge in [-0.2, -0.15) is 0 Å². The van der Waals surface area contributed by atoms with Crippen molar-refractivity contribution < 1.29 is 5.11 Å². The van der Waals surface area contributed by atoms with Crippen LogP contribution in [0.1, 0.15) is 12.5 Å². The lowest BCUT2D eigenvalue weighted by molar-refractivity contribution is 0.146. The summed E-state index contributed by atoms with van der Waals surface area (Å²) in [6.45, 7) is 6.48. The lowest BCUT2D eigenvalue weighted by Crippen LogP contribution is -2.30. The molecule has 2 heterocycles. The van der Waals surface area contributed by atoms with Crippen molar-refractivity contribution >= 4 is 21.8 Å². The van der Waals surface area contributed by atoms with Gasteiger partial charge < -0.3 is 20.3 Å². The van der Waals surface area contributed by atoms with E-state index in [0.717, 1.165) is 32.7 Å². The Morgan fingerprint density at radius 1 is 1.12 bits per heavy atom. The lowest BCUT2D eigenvalue weighted by Gasteiger charge is -2.14. The molecule has 0 amide bonds. The largest absolute Gasteiger partial charge is 0.391 e. The van der Waals surface area contributed by atoms with E-state index in [1.54, 1.807) is 0 Å². The maximum absolute atomic E-state index is 9.87. The second kappa shape index (κ2) is 6.55. The summed E-state index contributed by atoms with van der Waals surface area (Å²) in [7, 11) is 0. The van der Waals surface area contributed by atoms with Crippen molar-refractivity contribution in [1.29, 1.82) is 0 Å². The first-order chi connectivity index (χ1) is 11.8. The zero-order valence-electron chi connectivity index (χ0n) is 14.1. The Hall–Kier alpha value is -1.88. The van der Waals surface area contributed by atoms with Crippen LogP contribution in [0.5, 0.6) is 0 Å². The molecular weight excluding hydrogens is 298 g/mol. The van der Waals surface area contributed by atoms with Gasteiger partial charge in [-0.1, -0.05) is 24.3 Å². The summed E-state index contributed by atoms with van der Waals surface area (Å²) in [4.78, 5) is 0. The summed E-state index contributed by atoms with van der Waals surface area (Å²) in [5, 5.41) is 19.3. The maximum Gasteiger partial charge on any atom is 0.0716 e. The molecule has 0 saturated carbocycles. The highest BCUT2D eigenvalue weighted by Gasteiger charge is 2.24. The van der Waals surface area contributed by atoms with Gasteiger partial charge in [-0.05, 0) is 30.7 Å². The molecule has 4 rings (SSSR count). The van der Waals surface area contributed by atoms with E-state index < -0.39 is 0 Å². The van der Waals surface area contributed by atoms with Crippen LogP contribution < -0.4 is 10.6 Å². The highest BCUT2D eigenvalue weighted by atomic mass is 16.3. The molecule has 0 radical (unpaired) electrons. The summed E-state index contributed by atoms with van der Waals surface area (Å²) in [5.74, 6) is 0.315. The first-order valence-electron chi connectivity index (χ1n) is 8.87. The molecule has 2 unspecified atom stereocenters. The van der Waals surface area contributed by atoms with Crippen LogP contribution in [0.2, 0.25) is 0 Å². The molecule has 1 fully saturated rings. The minimum atomic E-state index is -0.220. The minimum absolute atomic E-state index is 0.220. The van der Waals surface area contributed by atoms with E-state index in [-0.39, 0.29) is 6.10 Å². The Bertz CT molecular complexity index is 855. The van der Waals surface area contributed by atoms with E-state index >= 15 is 0 Å². The number of hydrogen-bond donors (Lipinski definition) is 3. The van der Waals surface area contributed by atoms with Crippen LogP contribution >= 0.6 is 0 Å². The molecule has 0 aliphatic carbocycles. The molecular formula is C20H25N3O. The number of fused-ring (bicyclic) bond motifs is 3. The smallest absolute Gasteiger partial charge is 0.0716 e. The monoisotopic (exact) mass is 323 g/mol. The minimum Gasteiger partial charge on any atom is -0.391 e. The highest BCUT2D eigenvalue weighted by Crippen LogP contribution is 2.29. The molecule has 2 atom stereocenters. The fourth-order valence-corrected chi connectivity index (χ4v) is 3.88. The fourth-order valence-electron chi connectivity index (χ4n) is 3.88. The Kier molecular flexibility index (Phi) is 4.27. The van der Waals surface area contributed by atoms with Crippen molar-refractivity contribution in [1.82, 2.24) is 15.2 Å². The second-order valence-electron chi connectivity index (χ2n) is 6.73. The van der Waals surface area contributed by atoms with Crippen LogP contribution in [0, 0.1) is 5.92 Å². The lowest BCUT2D eigenvalue weighted by atomic mass is 10.1. The van der Waals surface area contributed by atoms with Gasteiger partial charge in [0.25, 0.3) is 0 Å². The van der Waals surface area contributed by atoms with E-state index in [1.165, 1.54) is 27.4 Å². The predicted molar refractivity (Wildman–Crippen MR) is 99.2 cm³/mol. The third-order valence-corrected chi connectivity index (χ3v) is 5.19. The molecule has 4 heteroatoms. The average Bonchev–Trinajstić information content (AvgIpc) is 3.16. The van der Waals surface area contributed by atoms with E-state index in [4.69, 9.17) is 0 Å². The number of rotatable bonds is 5. The SMILES string of the molecule is CCn1c2ccccc2c2cc(CNCC3CNCC3O)ccc21. The topological polar surface area (TPSA) is 49.2 Å². The zero-order valence-corrected chi connectivity index (χ0v) is 14.1. The molecule has 3 N–H and O–H groups in total. The predicted octanol–water partition coefficient (Wildman–Crippen LogP) is 2.48. The third-order valence-electron chi connectivity index (χ3n) is 5.19. The van der Waals surface area contributed by atoms with E-state index in [9.17, 15) is 5.11 Å². The number of aromatic nitrogens is 1. The molecule has 4 nitrogen and oxygen atoms in total. The quantitative estimate of drug-likeness (QED) is 0.676. The van der Waals surface area contributed by atoms with Crippen molar-refractivity contribution in [2.75, 3.05) is 19.6 Å². The molecule has 3 aromatic rings. The number of aliphatic hydroxyl groups excluding tert-OH is 1. The van der Waals surface area contributed by atoms with Gasteiger partial charge in [0.05, 0.1) is 6.10 Å². The number of nitrogens with one attached hydrogen (secondary N) is 2. The van der Waals surface area contributed by atoms with Crippen molar-refractivity contribution in [3.63, 3.8) is 0 Å². The van der Waals surface area contributed by atoms with Crippen molar-refractivity contribution in [2.24, 2.45) is 5.92 Å². The van der Waals surface area contributed by atoms with Gasteiger partial charge in [0.15, 0.2) is 0 Å². The normalized spacial score (nSPS) is 21.1. The first kappa shape index (κ1) is 15.6. The molecule has 24 heavy (non-hydrogen) atoms. The third kappa shape index (κ3) is 2.71. The Morgan fingerprint density at radius 2 is 1.96 bits per heavy atom. The van der Waals surface area contributed by atoms with Crippen LogP contribution in [-0.2, 0) is 13.1 Å². The number of aliphatic hydroxyl groups is 1. The average molecular weight is 323 g/mol. The summed E-state index contributed by atoms with van der Waals surface area (Å²) < 4.78 is 2.38. The van der Waals surface area contributed by atoms with Gasteiger partial charge in [-0.3, -0.25) is 0 Å². The van der Waals surface area contributed by atoms with Crippen LogP contribution in [-0.4, -0.2) is 35.4 Å². The van der Waals surface area contributed by atoms with E-state index in [1.807, 2.05) is 0 Å². The number of para-hydroxylation sites is 1. The summed E-state index contributed by atoms with van der Waals surface area (Å²) >= 11 is 0. The number of aryl methyl sites for hydroxylation is 1.